The number of para-hydroxylation sites is 1. The van der Waals surface area contributed by atoms with Crippen molar-refractivity contribution in [3.8, 4) is 0 Å². The fraction of sp³-hybridized carbons (Fsp3) is 0. The molecule has 1 aromatic carbocycles. The summed E-state index contributed by atoms with van der Waals surface area (Å²) < 4.78 is 1.27. The van der Waals surface area contributed by atoms with Crippen molar-refractivity contribution in [2.24, 2.45) is 0 Å². The fourth-order valence-corrected chi connectivity index (χ4v) is 1.90. The number of anilines is 1. The van der Waals surface area contributed by atoms with Crippen molar-refractivity contribution >= 4 is 35.0 Å². The Kier molecular flexibility index (Phi) is 3.08. The minimum atomic E-state index is -0.232. The number of H-pyrrole nitrogens is 1. The molecule has 0 bridgehead atoms. The quantitative estimate of drug-likeness (QED) is 0.705. The lowest BCUT2D eigenvalue weighted by molar-refractivity contribution is 0.0947. The van der Waals surface area contributed by atoms with Gasteiger partial charge in [0.25, 0.3) is 5.91 Å². The lowest BCUT2D eigenvalue weighted by atomic mass is 10.1. The van der Waals surface area contributed by atoms with Gasteiger partial charge >= 0.3 is 0 Å². The summed E-state index contributed by atoms with van der Waals surface area (Å²) in [4.78, 5) is 15.2. The van der Waals surface area contributed by atoms with E-state index in [0.29, 0.717) is 11.4 Å². The number of nitrogens with one attached hydrogen (secondary N) is 1. The third-order valence-electron chi connectivity index (χ3n) is 2.66. The molecular formula is C12H11ClN4O. The zero-order chi connectivity index (χ0) is 11.8. The number of carbonyl (C=O) groups is 1. The average Bonchev–Trinajstić information content (AvgIpc) is 2.94. The molecule has 3 rings (SSSR count). The molecule has 2 aromatic heterocycles. The van der Waals surface area contributed by atoms with Gasteiger partial charge in [-0.25, -0.2) is 4.68 Å². The summed E-state index contributed by atoms with van der Waals surface area (Å²) >= 11 is 0. The van der Waals surface area contributed by atoms with Crippen molar-refractivity contribution in [1.82, 2.24) is 14.8 Å². The van der Waals surface area contributed by atoms with Crippen LogP contribution in [0.15, 0.2) is 42.7 Å². The highest BCUT2D eigenvalue weighted by Gasteiger charge is 2.18. The number of rotatable bonds is 1. The van der Waals surface area contributed by atoms with Crippen LogP contribution in [0.5, 0.6) is 0 Å². The molecule has 0 aliphatic rings. The number of aromatic amines is 1. The van der Waals surface area contributed by atoms with Crippen molar-refractivity contribution in [2.75, 3.05) is 5.73 Å². The maximum absolute atomic E-state index is 12.2. The molecular weight excluding hydrogens is 252 g/mol. The van der Waals surface area contributed by atoms with E-state index in [2.05, 4.69) is 10.1 Å². The number of hydrogen-bond donors (Lipinski definition) is 2. The highest BCUT2D eigenvalue weighted by molar-refractivity contribution is 6.11. The molecule has 6 heteroatoms. The molecule has 3 aromatic rings. The van der Waals surface area contributed by atoms with E-state index in [1.165, 1.54) is 4.68 Å². The zero-order valence-electron chi connectivity index (χ0n) is 9.33. The van der Waals surface area contributed by atoms with Gasteiger partial charge in [-0.1, -0.05) is 18.2 Å². The summed E-state index contributed by atoms with van der Waals surface area (Å²) in [5.74, 6) is 0.136. The number of nitrogen functional groups attached to an aromatic ring is 1. The third kappa shape index (κ3) is 1.74. The smallest absolute Gasteiger partial charge is 0.282 e. The Bertz CT molecular complexity index is 687. The third-order valence-corrected chi connectivity index (χ3v) is 2.66. The van der Waals surface area contributed by atoms with Gasteiger partial charge < -0.3 is 10.7 Å². The molecule has 0 aliphatic heterocycles. The number of nitrogens with zero attached hydrogens (tertiary/aromatic N) is 2. The first kappa shape index (κ1) is 12.2. The van der Waals surface area contributed by atoms with Gasteiger partial charge in [0, 0.05) is 23.3 Å². The number of hydrogen-bond acceptors (Lipinski definition) is 3. The van der Waals surface area contributed by atoms with Gasteiger partial charge in [-0.15, -0.1) is 12.4 Å². The average molecular weight is 263 g/mol. The Balaban J connectivity index is 0.00000120. The molecule has 5 nitrogen and oxygen atoms in total. The highest BCUT2D eigenvalue weighted by Crippen LogP contribution is 2.24. The zero-order valence-corrected chi connectivity index (χ0v) is 10.1. The van der Waals surface area contributed by atoms with Crippen LogP contribution in [0.25, 0.3) is 10.9 Å². The van der Waals surface area contributed by atoms with Gasteiger partial charge in [0.15, 0.2) is 0 Å². The predicted molar refractivity (Wildman–Crippen MR) is 71.9 cm³/mol. The number of aromatic nitrogens is 3. The maximum atomic E-state index is 12.2. The molecule has 0 unspecified atom stereocenters. The SMILES string of the molecule is Cl.Nc1[nH]c2ccccc2c1C(=O)n1cccn1. The lowest BCUT2D eigenvalue weighted by Gasteiger charge is -2.00. The van der Waals surface area contributed by atoms with Gasteiger partial charge in [-0.3, -0.25) is 4.79 Å². The van der Waals surface area contributed by atoms with Crippen LogP contribution >= 0.6 is 12.4 Å². The molecule has 18 heavy (non-hydrogen) atoms. The Hall–Kier alpha value is -2.27. The number of benzene rings is 1. The summed E-state index contributed by atoms with van der Waals surface area (Å²) in [7, 11) is 0. The van der Waals surface area contributed by atoms with E-state index in [0.717, 1.165) is 10.9 Å². The van der Waals surface area contributed by atoms with Crippen molar-refractivity contribution < 1.29 is 4.79 Å². The second-order valence-corrected chi connectivity index (χ2v) is 3.72. The van der Waals surface area contributed by atoms with E-state index in [1.807, 2.05) is 24.3 Å². The molecule has 0 fully saturated rings. The van der Waals surface area contributed by atoms with Crippen molar-refractivity contribution in [1.29, 1.82) is 0 Å². The molecule has 0 spiro atoms. The van der Waals surface area contributed by atoms with E-state index < -0.39 is 0 Å². The minimum absolute atomic E-state index is 0. The monoisotopic (exact) mass is 262 g/mol. The number of carbonyl (C=O) groups excluding carboxylic acids is 1. The second kappa shape index (κ2) is 4.54. The molecule has 0 saturated heterocycles. The Morgan fingerprint density at radius 2 is 2.06 bits per heavy atom. The summed E-state index contributed by atoms with van der Waals surface area (Å²) in [5, 5.41) is 4.73. The van der Waals surface area contributed by atoms with E-state index in [1.54, 1.807) is 18.5 Å². The molecule has 0 amide bonds. The van der Waals surface area contributed by atoms with Crippen LogP contribution < -0.4 is 5.73 Å². The van der Waals surface area contributed by atoms with Gasteiger partial charge in [-0.05, 0) is 12.1 Å². The molecule has 92 valence electrons. The first-order chi connectivity index (χ1) is 8.27. The lowest BCUT2D eigenvalue weighted by Crippen LogP contribution is -2.13. The molecule has 0 saturated carbocycles. The van der Waals surface area contributed by atoms with Gasteiger partial charge in [0.2, 0.25) is 0 Å². The molecule has 0 atom stereocenters. The summed E-state index contributed by atoms with van der Waals surface area (Å²) in [6.45, 7) is 0. The summed E-state index contributed by atoms with van der Waals surface area (Å²) in [5.41, 5.74) is 7.15. The second-order valence-electron chi connectivity index (χ2n) is 3.72. The number of halogens is 1. The van der Waals surface area contributed by atoms with E-state index in [9.17, 15) is 4.79 Å². The molecule has 0 radical (unpaired) electrons. The van der Waals surface area contributed by atoms with Crippen LogP contribution in [0, 0.1) is 0 Å². The Morgan fingerprint density at radius 3 is 2.78 bits per heavy atom. The normalized spacial score (nSPS) is 10.2. The first-order valence-electron chi connectivity index (χ1n) is 5.18. The predicted octanol–water partition coefficient (Wildman–Crippen LogP) is 2.06. The Morgan fingerprint density at radius 1 is 1.28 bits per heavy atom. The fourth-order valence-electron chi connectivity index (χ4n) is 1.90. The van der Waals surface area contributed by atoms with E-state index >= 15 is 0 Å². The summed E-state index contributed by atoms with van der Waals surface area (Å²) in [6, 6.07) is 9.20. The van der Waals surface area contributed by atoms with Crippen LogP contribution in [-0.2, 0) is 0 Å². The number of nitrogens with two attached hydrogens (primary N) is 1. The standard InChI is InChI=1S/C12H10N4O.ClH/c13-11-10(12(17)16-7-3-6-14-16)8-4-1-2-5-9(8)15-11;/h1-7,15H,13H2;1H. The van der Waals surface area contributed by atoms with Crippen LogP contribution in [0.3, 0.4) is 0 Å². The first-order valence-corrected chi connectivity index (χ1v) is 5.18. The topological polar surface area (TPSA) is 76.7 Å². The largest absolute Gasteiger partial charge is 0.385 e. The van der Waals surface area contributed by atoms with E-state index in [-0.39, 0.29) is 18.3 Å². The number of fused-ring (bicyclic) bond motifs is 1. The van der Waals surface area contributed by atoms with Crippen LogP contribution in [-0.4, -0.2) is 20.7 Å². The van der Waals surface area contributed by atoms with Gasteiger partial charge in [0.05, 0.1) is 5.56 Å². The summed E-state index contributed by atoms with van der Waals surface area (Å²) in [6.07, 6.45) is 3.16. The van der Waals surface area contributed by atoms with Gasteiger partial charge in [0.1, 0.15) is 5.82 Å². The van der Waals surface area contributed by atoms with Crippen LogP contribution in [0.2, 0.25) is 0 Å². The molecule has 0 aliphatic carbocycles. The van der Waals surface area contributed by atoms with Crippen molar-refractivity contribution in [3.05, 3.63) is 48.3 Å². The minimum Gasteiger partial charge on any atom is -0.385 e. The highest BCUT2D eigenvalue weighted by atomic mass is 35.5. The van der Waals surface area contributed by atoms with Crippen molar-refractivity contribution in [3.63, 3.8) is 0 Å². The van der Waals surface area contributed by atoms with Crippen molar-refractivity contribution in [2.45, 2.75) is 0 Å². The Labute approximate surface area is 109 Å². The maximum Gasteiger partial charge on any atom is 0.282 e. The van der Waals surface area contributed by atoms with Crippen LogP contribution in [0.1, 0.15) is 10.4 Å². The molecule has 2 heterocycles. The van der Waals surface area contributed by atoms with Crippen LogP contribution in [0.4, 0.5) is 5.82 Å². The van der Waals surface area contributed by atoms with E-state index in [4.69, 9.17) is 5.73 Å². The molecule has 3 N–H and O–H groups in total. The van der Waals surface area contributed by atoms with Gasteiger partial charge in [-0.2, -0.15) is 5.10 Å².